The normalized spacial score (nSPS) is 13.2. The molecule has 2 aliphatic rings. The molecule has 1 spiro atoms. The summed E-state index contributed by atoms with van der Waals surface area (Å²) in [4.78, 5) is 2.39. The second-order valence-electron chi connectivity index (χ2n) is 15.6. The van der Waals surface area contributed by atoms with Crippen LogP contribution in [0.5, 0.6) is 0 Å². The Morgan fingerprint density at radius 3 is 1.59 bits per heavy atom. The third-order valence-electron chi connectivity index (χ3n) is 12.5. The minimum atomic E-state index is -0.470. The zero-order valence-electron chi connectivity index (χ0n) is 32.2. The molecule has 0 bridgehead atoms. The molecule has 0 amide bonds. The lowest BCUT2D eigenvalue weighted by atomic mass is 9.66. The molecule has 0 atom stereocenters. The summed E-state index contributed by atoms with van der Waals surface area (Å²) in [6.45, 7) is 0. The van der Waals surface area contributed by atoms with Crippen molar-refractivity contribution in [1.82, 2.24) is 0 Å². The number of rotatable bonds is 5. The van der Waals surface area contributed by atoms with E-state index in [1.165, 1.54) is 55.6 Å². The van der Waals surface area contributed by atoms with E-state index in [-0.39, 0.29) is 0 Å². The van der Waals surface area contributed by atoms with Crippen molar-refractivity contribution in [3.05, 3.63) is 246 Å². The summed E-state index contributed by atoms with van der Waals surface area (Å²) >= 11 is 0. The van der Waals surface area contributed by atoms with Crippen molar-refractivity contribution in [2.45, 2.75) is 5.41 Å². The second kappa shape index (κ2) is 13.2. The minimum Gasteiger partial charge on any atom is -0.455 e. The number of hydrogen-bond acceptors (Lipinski definition) is 2. The Morgan fingerprint density at radius 1 is 0.339 bits per heavy atom. The molecule has 0 aliphatic heterocycles. The van der Waals surface area contributed by atoms with E-state index in [0.717, 1.165) is 50.1 Å². The van der Waals surface area contributed by atoms with Gasteiger partial charge in [0.1, 0.15) is 11.2 Å². The van der Waals surface area contributed by atoms with Gasteiger partial charge in [-0.05, 0) is 104 Å². The lowest BCUT2D eigenvalue weighted by Gasteiger charge is -2.35. The fourth-order valence-corrected chi connectivity index (χ4v) is 9.93. The number of furan rings is 1. The fraction of sp³-hybridized carbons (Fsp3) is 0.0175. The van der Waals surface area contributed by atoms with Crippen LogP contribution >= 0.6 is 0 Å². The van der Waals surface area contributed by atoms with E-state index in [1.54, 1.807) is 0 Å². The highest BCUT2D eigenvalue weighted by molar-refractivity contribution is 6.09. The molecule has 12 rings (SSSR count). The second-order valence-corrected chi connectivity index (χ2v) is 15.6. The summed E-state index contributed by atoms with van der Waals surface area (Å²) in [5, 5.41) is 2.27. The van der Waals surface area contributed by atoms with Crippen molar-refractivity contribution in [1.29, 1.82) is 0 Å². The molecule has 0 saturated heterocycles. The van der Waals surface area contributed by atoms with Crippen molar-refractivity contribution >= 4 is 51.2 Å². The maximum absolute atomic E-state index is 6.46. The Hall–Kier alpha value is -7.68. The van der Waals surface area contributed by atoms with Gasteiger partial charge in [0.25, 0.3) is 0 Å². The number of hydrogen-bond donors (Lipinski definition) is 0. The third-order valence-corrected chi connectivity index (χ3v) is 12.5. The van der Waals surface area contributed by atoms with Gasteiger partial charge in [0.05, 0.1) is 5.41 Å². The highest BCUT2D eigenvalue weighted by Gasteiger charge is 2.48. The van der Waals surface area contributed by atoms with Gasteiger partial charge < -0.3 is 9.32 Å². The van der Waals surface area contributed by atoms with E-state index in [9.17, 15) is 0 Å². The van der Waals surface area contributed by atoms with Crippen LogP contribution < -0.4 is 4.90 Å². The third kappa shape index (κ3) is 5.06. The van der Waals surface area contributed by atoms with E-state index in [0.29, 0.717) is 0 Å². The van der Waals surface area contributed by atoms with Crippen molar-refractivity contribution in [3.63, 3.8) is 0 Å². The van der Waals surface area contributed by atoms with Gasteiger partial charge in [0.15, 0.2) is 0 Å². The molecule has 276 valence electrons. The SMILES string of the molecule is C1=Cc2ccccc2C2(c3ccccc31)c1ccccc1-c1cc(N(c3ccc(-c4ccccc4)cc3)c3ccc(-c4cccc5c4oc4ccccc45)cc3)ccc12. The monoisotopic (exact) mass is 751 g/mol. The van der Waals surface area contributed by atoms with Gasteiger partial charge in [-0.15, -0.1) is 0 Å². The summed E-state index contributed by atoms with van der Waals surface area (Å²) < 4.78 is 6.46. The first-order chi connectivity index (χ1) is 29.3. The van der Waals surface area contributed by atoms with Crippen LogP contribution in [0, 0.1) is 0 Å². The lowest BCUT2D eigenvalue weighted by molar-refractivity contribution is 0.670. The first-order valence-corrected chi connectivity index (χ1v) is 20.3. The molecule has 59 heavy (non-hydrogen) atoms. The van der Waals surface area contributed by atoms with Gasteiger partial charge in [0, 0.05) is 33.4 Å². The first-order valence-electron chi connectivity index (χ1n) is 20.3. The summed E-state index contributed by atoms with van der Waals surface area (Å²) in [7, 11) is 0. The molecule has 2 heteroatoms. The molecule has 0 radical (unpaired) electrons. The van der Waals surface area contributed by atoms with Gasteiger partial charge in [-0.1, -0.05) is 182 Å². The molecule has 0 N–H and O–H groups in total. The molecule has 2 nitrogen and oxygen atoms in total. The lowest BCUT2D eigenvalue weighted by Crippen LogP contribution is -2.29. The van der Waals surface area contributed by atoms with Gasteiger partial charge in [-0.3, -0.25) is 0 Å². The maximum atomic E-state index is 6.46. The van der Waals surface area contributed by atoms with Gasteiger partial charge >= 0.3 is 0 Å². The van der Waals surface area contributed by atoms with Crippen molar-refractivity contribution in [2.75, 3.05) is 4.90 Å². The van der Waals surface area contributed by atoms with Crippen LogP contribution in [0.1, 0.15) is 33.4 Å². The van der Waals surface area contributed by atoms with Crippen molar-refractivity contribution < 1.29 is 4.42 Å². The Labute approximate surface area is 343 Å². The molecular weight excluding hydrogens is 715 g/mol. The van der Waals surface area contributed by atoms with Gasteiger partial charge in [0.2, 0.25) is 0 Å². The zero-order chi connectivity index (χ0) is 38.9. The van der Waals surface area contributed by atoms with Crippen LogP contribution in [0.2, 0.25) is 0 Å². The maximum Gasteiger partial charge on any atom is 0.143 e. The van der Waals surface area contributed by atoms with Crippen LogP contribution in [0.4, 0.5) is 17.1 Å². The Kier molecular flexibility index (Phi) is 7.48. The molecule has 1 aromatic heterocycles. The van der Waals surface area contributed by atoms with Crippen LogP contribution in [-0.4, -0.2) is 0 Å². The first kappa shape index (κ1) is 33.5. The Morgan fingerprint density at radius 2 is 0.864 bits per heavy atom. The smallest absolute Gasteiger partial charge is 0.143 e. The van der Waals surface area contributed by atoms with Crippen molar-refractivity contribution in [2.24, 2.45) is 0 Å². The summed E-state index contributed by atoms with van der Waals surface area (Å²) in [6.07, 6.45) is 4.58. The van der Waals surface area contributed by atoms with E-state index >= 15 is 0 Å². The molecular formula is C57H37NO. The topological polar surface area (TPSA) is 16.4 Å². The number of benzene rings is 9. The van der Waals surface area contributed by atoms with Crippen LogP contribution in [0.15, 0.2) is 217 Å². The number of nitrogens with zero attached hydrogens (tertiary/aromatic N) is 1. The van der Waals surface area contributed by atoms with E-state index in [4.69, 9.17) is 4.42 Å². The Bertz CT molecular complexity index is 3210. The number of para-hydroxylation sites is 2. The molecule has 9 aromatic carbocycles. The average molecular weight is 752 g/mol. The number of fused-ring (bicyclic) bond motifs is 12. The van der Waals surface area contributed by atoms with Crippen LogP contribution in [0.3, 0.4) is 0 Å². The van der Waals surface area contributed by atoms with Crippen LogP contribution in [0.25, 0.3) is 67.5 Å². The fourth-order valence-electron chi connectivity index (χ4n) is 9.93. The van der Waals surface area contributed by atoms with E-state index in [1.807, 2.05) is 12.1 Å². The Balaban J connectivity index is 1.04. The minimum absolute atomic E-state index is 0.470. The van der Waals surface area contributed by atoms with Crippen LogP contribution in [-0.2, 0) is 5.41 Å². The van der Waals surface area contributed by atoms with Crippen molar-refractivity contribution in [3.8, 4) is 33.4 Å². The highest BCUT2D eigenvalue weighted by atomic mass is 16.3. The standard InChI is InChI=1S/C57H37NO/c1-2-13-38(14-3-1)39-27-31-43(32-28-39)58(44-33-29-40(30-34-44)46-19-12-20-49-48-18-7-11-24-55(48)59-56(46)49)45-35-36-54-50(37-45)47-17-6-10-23-53(47)57(54)51-21-8-4-15-41(51)25-26-42-16-5-9-22-52(42)57/h1-37H. The van der Waals surface area contributed by atoms with Gasteiger partial charge in [-0.25, -0.2) is 0 Å². The summed E-state index contributed by atoms with van der Waals surface area (Å²) in [5.41, 5.74) is 19.5. The largest absolute Gasteiger partial charge is 0.455 e. The molecule has 0 unspecified atom stereocenters. The number of anilines is 3. The molecule has 1 heterocycles. The van der Waals surface area contributed by atoms with E-state index < -0.39 is 5.41 Å². The highest BCUT2D eigenvalue weighted by Crippen LogP contribution is 2.59. The van der Waals surface area contributed by atoms with Gasteiger partial charge in [-0.2, -0.15) is 0 Å². The summed E-state index contributed by atoms with van der Waals surface area (Å²) in [5.74, 6) is 0. The molecule has 0 fully saturated rings. The molecule has 2 aliphatic carbocycles. The molecule has 10 aromatic rings. The molecule has 0 saturated carbocycles. The quantitative estimate of drug-likeness (QED) is 0.174. The zero-order valence-corrected chi connectivity index (χ0v) is 32.2. The predicted octanol–water partition coefficient (Wildman–Crippen LogP) is 15.2. The predicted molar refractivity (Wildman–Crippen MR) is 246 cm³/mol. The average Bonchev–Trinajstić information content (AvgIpc) is 3.78. The summed E-state index contributed by atoms with van der Waals surface area (Å²) in [6, 6.07) is 77.3. The van der Waals surface area contributed by atoms with E-state index in [2.05, 4.69) is 217 Å².